The summed E-state index contributed by atoms with van der Waals surface area (Å²) in [7, 11) is 3.45. The lowest BCUT2D eigenvalue weighted by molar-refractivity contribution is -0.112. The summed E-state index contributed by atoms with van der Waals surface area (Å²) in [6.07, 6.45) is 1.43. The maximum Gasteiger partial charge on any atom is 0.269 e. The monoisotopic (exact) mass is 220 g/mol. The summed E-state index contributed by atoms with van der Waals surface area (Å²) in [4.78, 5) is 13.2. The average Bonchev–Trinajstić information content (AvgIpc) is 2.60. The second-order valence-corrected chi connectivity index (χ2v) is 3.40. The van der Waals surface area contributed by atoms with Crippen molar-refractivity contribution < 1.29 is 9.32 Å². The zero-order valence-corrected chi connectivity index (χ0v) is 9.31. The minimum atomic E-state index is -0.510. The molecule has 0 atom stereocenters. The van der Waals surface area contributed by atoms with Gasteiger partial charge in [0.15, 0.2) is 5.82 Å². The van der Waals surface area contributed by atoms with Crippen molar-refractivity contribution in [3.8, 4) is 6.07 Å². The van der Waals surface area contributed by atoms with Crippen LogP contribution in [-0.2, 0) is 4.79 Å². The minimum absolute atomic E-state index is 0.00523. The zero-order chi connectivity index (χ0) is 12.1. The molecule has 0 bridgehead atoms. The summed E-state index contributed by atoms with van der Waals surface area (Å²) in [6.45, 7) is 1.71. The van der Waals surface area contributed by atoms with Gasteiger partial charge in [-0.1, -0.05) is 5.16 Å². The lowest BCUT2D eigenvalue weighted by Gasteiger charge is -2.05. The van der Waals surface area contributed by atoms with Gasteiger partial charge in [-0.15, -0.1) is 0 Å². The predicted octanol–water partition coefficient (Wildman–Crippen LogP) is 0.891. The van der Waals surface area contributed by atoms with Gasteiger partial charge in [0.25, 0.3) is 5.91 Å². The van der Waals surface area contributed by atoms with E-state index >= 15 is 0 Å². The summed E-state index contributed by atoms with van der Waals surface area (Å²) in [5.41, 5.74) is 0.00523. The third-order valence-corrected chi connectivity index (χ3v) is 1.62. The molecule has 0 aliphatic heterocycles. The molecule has 0 aliphatic carbocycles. The first-order chi connectivity index (χ1) is 7.52. The third-order valence-electron chi connectivity index (χ3n) is 1.62. The molecule has 0 aromatic carbocycles. The molecule has 16 heavy (non-hydrogen) atoms. The Kier molecular flexibility index (Phi) is 3.67. The van der Waals surface area contributed by atoms with Gasteiger partial charge >= 0.3 is 0 Å². The summed E-state index contributed by atoms with van der Waals surface area (Å²) in [5.74, 6) is 0.373. The molecule has 1 aromatic rings. The van der Waals surface area contributed by atoms with Gasteiger partial charge in [-0.05, 0) is 6.92 Å². The van der Waals surface area contributed by atoms with Crippen LogP contribution in [0.5, 0.6) is 0 Å². The first kappa shape index (κ1) is 11.8. The maximum atomic E-state index is 11.6. The van der Waals surface area contributed by atoms with Crippen LogP contribution in [-0.4, -0.2) is 30.1 Å². The van der Waals surface area contributed by atoms with Crippen molar-refractivity contribution in [2.45, 2.75) is 6.92 Å². The average molecular weight is 220 g/mol. The fraction of sp³-hybridized carbons (Fsp3) is 0.300. The summed E-state index contributed by atoms with van der Waals surface area (Å²) in [6, 6.07) is 3.38. The predicted molar refractivity (Wildman–Crippen MR) is 57.3 cm³/mol. The molecule has 1 N–H and O–H groups in total. The number of hydrogen-bond acceptors (Lipinski definition) is 5. The van der Waals surface area contributed by atoms with E-state index in [0.29, 0.717) is 11.6 Å². The van der Waals surface area contributed by atoms with Crippen LogP contribution in [0, 0.1) is 18.3 Å². The molecule has 0 saturated heterocycles. The molecule has 0 unspecified atom stereocenters. The van der Waals surface area contributed by atoms with Crippen molar-refractivity contribution in [2.75, 3.05) is 19.4 Å². The largest absolute Gasteiger partial charge is 0.382 e. The zero-order valence-electron chi connectivity index (χ0n) is 9.31. The fourth-order valence-electron chi connectivity index (χ4n) is 1.01. The molecule has 1 aromatic heterocycles. The van der Waals surface area contributed by atoms with Crippen molar-refractivity contribution in [3.05, 3.63) is 23.6 Å². The van der Waals surface area contributed by atoms with Gasteiger partial charge in [-0.25, -0.2) is 0 Å². The van der Waals surface area contributed by atoms with E-state index in [9.17, 15) is 4.79 Å². The Morgan fingerprint density at radius 3 is 2.81 bits per heavy atom. The smallest absolute Gasteiger partial charge is 0.269 e. The Bertz CT molecular complexity index is 454. The SMILES string of the molecule is Cc1cc(NC(=O)/C(C#N)=C\N(C)C)no1. The van der Waals surface area contributed by atoms with Gasteiger partial charge in [0.1, 0.15) is 17.4 Å². The van der Waals surface area contributed by atoms with Gasteiger partial charge in [0.05, 0.1) is 0 Å². The second-order valence-electron chi connectivity index (χ2n) is 3.40. The minimum Gasteiger partial charge on any atom is -0.382 e. The number of nitrogens with one attached hydrogen (secondary N) is 1. The molecule has 1 rings (SSSR count). The highest BCUT2D eigenvalue weighted by molar-refractivity contribution is 6.05. The number of aromatic nitrogens is 1. The third kappa shape index (κ3) is 3.13. The van der Waals surface area contributed by atoms with Gasteiger partial charge in [-0.2, -0.15) is 5.26 Å². The number of carbonyl (C=O) groups is 1. The molecular formula is C10H12N4O2. The van der Waals surface area contributed by atoms with Crippen LogP contribution < -0.4 is 5.32 Å². The Labute approximate surface area is 93.1 Å². The number of nitrogens with zero attached hydrogens (tertiary/aromatic N) is 3. The molecule has 1 heterocycles. The molecule has 0 aliphatic rings. The van der Waals surface area contributed by atoms with Crippen molar-refractivity contribution >= 4 is 11.7 Å². The lowest BCUT2D eigenvalue weighted by atomic mass is 10.3. The molecular weight excluding hydrogens is 208 g/mol. The van der Waals surface area contributed by atoms with Gasteiger partial charge in [0.2, 0.25) is 0 Å². The van der Waals surface area contributed by atoms with E-state index in [1.54, 1.807) is 32.0 Å². The van der Waals surface area contributed by atoms with E-state index in [2.05, 4.69) is 10.5 Å². The summed E-state index contributed by atoms with van der Waals surface area (Å²) < 4.78 is 4.78. The fourth-order valence-corrected chi connectivity index (χ4v) is 1.01. The second kappa shape index (κ2) is 4.98. The summed E-state index contributed by atoms with van der Waals surface area (Å²) in [5, 5.41) is 14.8. The normalized spacial score (nSPS) is 10.8. The number of carbonyl (C=O) groups excluding carboxylic acids is 1. The number of hydrogen-bond donors (Lipinski definition) is 1. The van der Waals surface area contributed by atoms with Crippen LogP contribution in [0.15, 0.2) is 22.4 Å². The number of aryl methyl sites for hydroxylation is 1. The van der Waals surface area contributed by atoms with Crippen LogP contribution in [0.3, 0.4) is 0 Å². The van der Waals surface area contributed by atoms with Crippen LogP contribution in [0.4, 0.5) is 5.82 Å². The topological polar surface area (TPSA) is 82.2 Å². The first-order valence-corrected chi connectivity index (χ1v) is 4.56. The van der Waals surface area contributed by atoms with Crippen molar-refractivity contribution in [1.29, 1.82) is 5.26 Å². The van der Waals surface area contributed by atoms with Crippen LogP contribution >= 0.6 is 0 Å². The van der Waals surface area contributed by atoms with E-state index in [1.165, 1.54) is 6.20 Å². The Morgan fingerprint density at radius 2 is 2.38 bits per heavy atom. The molecule has 0 radical (unpaired) electrons. The highest BCUT2D eigenvalue weighted by atomic mass is 16.5. The Hall–Kier alpha value is -2.29. The number of nitriles is 1. The number of rotatable bonds is 3. The van der Waals surface area contributed by atoms with Crippen molar-refractivity contribution in [1.82, 2.24) is 10.1 Å². The Balaban J connectivity index is 2.75. The number of amides is 1. The molecule has 0 fully saturated rings. The molecule has 0 spiro atoms. The van der Waals surface area contributed by atoms with Crippen molar-refractivity contribution in [3.63, 3.8) is 0 Å². The van der Waals surface area contributed by atoms with E-state index in [4.69, 9.17) is 9.78 Å². The lowest BCUT2D eigenvalue weighted by Crippen LogP contribution is -2.16. The highest BCUT2D eigenvalue weighted by Gasteiger charge is 2.11. The molecule has 1 amide bonds. The maximum absolute atomic E-state index is 11.6. The van der Waals surface area contributed by atoms with Crippen LogP contribution in [0.25, 0.3) is 0 Å². The molecule has 6 nitrogen and oxygen atoms in total. The van der Waals surface area contributed by atoms with Crippen LogP contribution in [0.1, 0.15) is 5.76 Å². The van der Waals surface area contributed by atoms with E-state index in [-0.39, 0.29) is 5.57 Å². The number of anilines is 1. The standard InChI is InChI=1S/C10H12N4O2/c1-7-4-9(13-16-7)12-10(15)8(5-11)6-14(2)3/h4,6H,1-3H3,(H,12,13,15)/b8-6-. The van der Waals surface area contributed by atoms with E-state index in [1.807, 2.05) is 6.07 Å². The van der Waals surface area contributed by atoms with Crippen molar-refractivity contribution in [2.24, 2.45) is 0 Å². The molecule has 0 saturated carbocycles. The molecule has 84 valence electrons. The molecule has 6 heteroatoms. The van der Waals surface area contributed by atoms with Gasteiger partial charge in [-0.3, -0.25) is 4.79 Å². The van der Waals surface area contributed by atoms with Gasteiger partial charge < -0.3 is 14.7 Å². The Morgan fingerprint density at radius 1 is 1.69 bits per heavy atom. The highest BCUT2D eigenvalue weighted by Crippen LogP contribution is 2.08. The quantitative estimate of drug-likeness (QED) is 0.604. The summed E-state index contributed by atoms with van der Waals surface area (Å²) >= 11 is 0. The van der Waals surface area contributed by atoms with E-state index in [0.717, 1.165) is 0 Å². The first-order valence-electron chi connectivity index (χ1n) is 4.56. The van der Waals surface area contributed by atoms with Crippen LogP contribution in [0.2, 0.25) is 0 Å². The van der Waals surface area contributed by atoms with E-state index < -0.39 is 5.91 Å². The van der Waals surface area contributed by atoms with Gasteiger partial charge in [0, 0.05) is 26.4 Å².